The summed E-state index contributed by atoms with van der Waals surface area (Å²) < 4.78 is 0. The summed E-state index contributed by atoms with van der Waals surface area (Å²) in [5.74, 6) is 0.856. The van der Waals surface area contributed by atoms with Crippen molar-refractivity contribution in [2.45, 2.75) is 32.4 Å². The first-order valence-electron chi connectivity index (χ1n) is 6.55. The van der Waals surface area contributed by atoms with Crippen LogP contribution in [0, 0.1) is 6.92 Å². The first kappa shape index (κ1) is 13.2. The summed E-state index contributed by atoms with van der Waals surface area (Å²) in [7, 11) is 4.22. The molecular formula is C13H23N5. The van der Waals surface area contributed by atoms with Gasteiger partial charge in [0.1, 0.15) is 0 Å². The van der Waals surface area contributed by atoms with Crippen molar-refractivity contribution in [1.29, 1.82) is 0 Å². The second kappa shape index (κ2) is 5.63. The zero-order chi connectivity index (χ0) is 13.1. The van der Waals surface area contributed by atoms with Crippen molar-refractivity contribution in [2.24, 2.45) is 5.73 Å². The lowest BCUT2D eigenvalue weighted by molar-refractivity contribution is 0.371. The molecule has 1 aliphatic rings. The van der Waals surface area contributed by atoms with Crippen LogP contribution in [0.15, 0.2) is 6.20 Å². The van der Waals surface area contributed by atoms with Crippen molar-refractivity contribution in [3.63, 3.8) is 0 Å². The monoisotopic (exact) mass is 249 g/mol. The van der Waals surface area contributed by atoms with Crippen LogP contribution in [0.3, 0.4) is 0 Å². The number of aromatic nitrogens is 2. The lowest BCUT2D eigenvalue weighted by Crippen LogP contribution is -2.38. The fourth-order valence-corrected chi connectivity index (χ4v) is 2.53. The second-order valence-corrected chi connectivity index (χ2v) is 5.24. The van der Waals surface area contributed by atoms with Gasteiger partial charge in [-0.2, -0.15) is 0 Å². The quantitative estimate of drug-likeness (QED) is 0.854. The maximum atomic E-state index is 5.65. The number of nitrogens with two attached hydrogens (primary N) is 1. The second-order valence-electron chi connectivity index (χ2n) is 5.24. The molecule has 1 aromatic heterocycles. The maximum Gasteiger partial charge on any atom is 0.225 e. The van der Waals surface area contributed by atoms with Crippen molar-refractivity contribution in [2.75, 3.05) is 32.1 Å². The van der Waals surface area contributed by atoms with Crippen molar-refractivity contribution < 1.29 is 0 Å². The predicted molar refractivity (Wildman–Crippen MR) is 73.6 cm³/mol. The van der Waals surface area contributed by atoms with Gasteiger partial charge in [0.25, 0.3) is 0 Å². The zero-order valence-electron chi connectivity index (χ0n) is 11.6. The maximum absolute atomic E-state index is 5.65. The molecule has 0 bridgehead atoms. The molecule has 18 heavy (non-hydrogen) atoms. The number of nitrogens with zero attached hydrogens (tertiary/aromatic N) is 4. The fraction of sp³-hybridized carbons (Fsp3) is 0.692. The molecule has 0 amide bonds. The molecule has 2 N–H and O–H groups in total. The Bertz CT molecular complexity index is 404. The van der Waals surface area contributed by atoms with E-state index in [1.807, 2.05) is 13.1 Å². The minimum absolute atomic E-state index is 0.507. The highest BCUT2D eigenvalue weighted by Crippen LogP contribution is 2.23. The summed E-state index contributed by atoms with van der Waals surface area (Å²) in [6, 6.07) is 0.531. The fourth-order valence-electron chi connectivity index (χ4n) is 2.53. The Balaban J connectivity index is 2.17. The molecule has 0 saturated carbocycles. The standard InChI is InChI=1S/C13H23N5/c1-10-11(7-14)8-15-13(16-10)18-6-4-5-12(18)9-17(2)3/h8,12H,4-7,9,14H2,1-3H3. The van der Waals surface area contributed by atoms with Crippen LogP contribution in [0.5, 0.6) is 0 Å². The van der Waals surface area contributed by atoms with E-state index in [0.29, 0.717) is 12.6 Å². The van der Waals surface area contributed by atoms with Gasteiger partial charge in [-0.3, -0.25) is 0 Å². The van der Waals surface area contributed by atoms with Crippen molar-refractivity contribution in [3.8, 4) is 0 Å². The van der Waals surface area contributed by atoms with E-state index in [9.17, 15) is 0 Å². The number of hydrogen-bond acceptors (Lipinski definition) is 5. The molecule has 1 atom stereocenters. The van der Waals surface area contributed by atoms with E-state index in [-0.39, 0.29) is 0 Å². The average molecular weight is 249 g/mol. The first-order chi connectivity index (χ1) is 8.61. The molecule has 100 valence electrons. The Morgan fingerprint density at radius 1 is 1.50 bits per heavy atom. The Morgan fingerprint density at radius 3 is 2.89 bits per heavy atom. The van der Waals surface area contributed by atoms with Gasteiger partial charge in [0.15, 0.2) is 0 Å². The highest BCUT2D eigenvalue weighted by molar-refractivity contribution is 5.36. The van der Waals surface area contributed by atoms with Crippen LogP contribution in [0.4, 0.5) is 5.95 Å². The molecule has 1 aromatic rings. The molecule has 0 radical (unpaired) electrons. The zero-order valence-corrected chi connectivity index (χ0v) is 11.6. The number of anilines is 1. The van der Waals surface area contributed by atoms with E-state index >= 15 is 0 Å². The molecule has 0 aliphatic carbocycles. The molecule has 1 fully saturated rings. The Labute approximate surface area is 109 Å². The minimum atomic E-state index is 0.507. The number of aryl methyl sites for hydroxylation is 1. The first-order valence-corrected chi connectivity index (χ1v) is 6.55. The highest BCUT2D eigenvalue weighted by atomic mass is 15.3. The average Bonchev–Trinajstić information content (AvgIpc) is 2.76. The van der Waals surface area contributed by atoms with E-state index in [2.05, 4.69) is 33.9 Å². The lowest BCUT2D eigenvalue weighted by Gasteiger charge is -2.27. The van der Waals surface area contributed by atoms with Gasteiger partial charge in [-0.25, -0.2) is 9.97 Å². The van der Waals surface area contributed by atoms with Gasteiger partial charge in [0, 0.05) is 43.1 Å². The molecule has 1 aliphatic heterocycles. The SMILES string of the molecule is Cc1nc(N2CCCC2CN(C)C)ncc1CN. The summed E-state index contributed by atoms with van der Waals surface area (Å²) in [5.41, 5.74) is 7.67. The molecule has 2 rings (SSSR count). The molecule has 1 saturated heterocycles. The van der Waals surface area contributed by atoms with Crippen LogP contribution in [0.25, 0.3) is 0 Å². The predicted octanol–water partition coefficient (Wildman–Crippen LogP) is 0.774. The summed E-state index contributed by atoms with van der Waals surface area (Å²) >= 11 is 0. The van der Waals surface area contributed by atoms with Gasteiger partial charge in [-0.1, -0.05) is 0 Å². The molecule has 2 heterocycles. The van der Waals surface area contributed by atoms with E-state index in [1.54, 1.807) is 0 Å². The van der Waals surface area contributed by atoms with E-state index in [1.165, 1.54) is 12.8 Å². The third kappa shape index (κ3) is 2.79. The third-order valence-corrected chi connectivity index (χ3v) is 3.50. The van der Waals surface area contributed by atoms with Crippen LogP contribution in [-0.4, -0.2) is 48.1 Å². The summed E-state index contributed by atoms with van der Waals surface area (Å²) in [5, 5.41) is 0. The van der Waals surface area contributed by atoms with Crippen LogP contribution in [-0.2, 0) is 6.54 Å². The van der Waals surface area contributed by atoms with Crippen LogP contribution in [0.2, 0.25) is 0 Å². The van der Waals surface area contributed by atoms with Gasteiger partial charge in [-0.15, -0.1) is 0 Å². The highest BCUT2D eigenvalue weighted by Gasteiger charge is 2.27. The normalized spacial score (nSPS) is 19.8. The Hall–Kier alpha value is -1.20. The molecule has 1 unspecified atom stereocenters. The summed E-state index contributed by atoms with van der Waals surface area (Å²) in [6.45, 7) is 4.62. The molecule has 5 heteroatoms. The number of hydrogen-bond donors (Lipinski definition) is 1. The van der Waals surface area contributed by atoms with E-state index < -0.39 is 0 Å². The van der Waals surface area contributed by atoms with Gasteiger partial charge >= 0.3 is 0 Å². The van der Waals surface area contributed by atoms with E-state index in [4.69, 9.17) is 5.73 Å². The van der Waals surface area contributed by atoms with Gasteiger partial charge in [0.05, 0.1) is 0 Å². The summed E-state index contributed by atoms with van der Waals surface area (Å²) in [4.78, 5) is 13.6. The van der Waals surface area contributed by atoms with Crippen LogP contribution >= 0.6 is 0 Å². The summed E-state index contributed by atoms with van der Waals surface area (Å²) in [6.07, 6.45) is 4.31. The van der Waals surface area contributed by atoms with Gasteiger partial charge in [-0.05, 0) is 33.9 Å². The lowest BCUT2D eigenvalue weighted by atomic mass is 10.2. The minimum Gasteiger partial charge on any atom is -0.337 e. The van der Waals surface area contributed by atoms with Crippen LogP contribution < -0.4 is 10.6 Å². The van der Waals surface area contributed by atoms with Gasteiger partial charge < -0.3 is 15.5 Å². The third-order valence-electron chi connectivity index (χ3n) is 3.50. The largest absolute Gasteiger partial charge is 0.337 e. The molecule has 0 aromatic carbocycles. The molecule has 5 nitrogen and oxygen atoms in total. The van der Waals surface area contributed by atoms with Crippen molar-refractivity contribution in [3.05, 3.63) is 17.5 Å². The van der Waals surface area contributed by atoms with Crippen LogP contribution in [0.1, 0.15) is 24.1 Å². The Morgan fingerprint density at radius 2 is 2.28 bits per heavy atom. The smallest absolute Gasteiger partial charge is 0.225 e. The van der Waals surface area contributed by atoms with E-state index in [0.717, 1.165) is 30.3 Å². The number of rotatable bonds is 4. The molecule has 0 spiro atoms. The number of likely N-dealkylation sites (N-methyl/N-ethyl adjacent to an activating group) is 1. The molecular weight excluding hydrogens is 226 g/mol. The topological polar surface area (TPSA) is 58.3 Å². The Kier molecular flexibility index (Phi) is 4.14. The van der Waals surface area contributed by atoms with Gasteiger partial charge in [0.2, 0.25) is 5.95 Å². The van der Waals surface area contributed by atoms with Crippen molar-refractivity contribution in [1.82, 2.24) is 14.9 Å². The van der Waals surface area contributed by atoms with Crippen molar-refractivity contribution >= 4 is 5.95 Å².